The highest BCUT2D eigenvalue weighted by atomic mass is 31.2. The van der Waals surface area contributed by atoms with E-state index in [2.05, 4.69) is 160 Å². The predicted molar refractivity (Wildman–Crippen MR) is 385 cm³/mol. The van der Waals surface area contributed by atoms with E-state index in [1.165, 1.54) is 135 Å². The normalized spacial score (nSPS) is 14.0. The van der Waals surface area contributed by atoms with E-state index >= 15 is 0 Å². The van der Waals surface area contributed by atoms with Gasteiger partial charge < -0.3 is 18.9 Å². The maximum Gasteiger partial charge on any atom is 0.472 e. The summed E-state index contributed by atoms with van der Waals surface area (Å²) in [6.07, 6.45) is 101. The molecule has 0 aromatic carbocycles. The number of nitrogens with zero attached hydrogens (tertiary/aromatic N) is 1. The lowest BCUT2D eigenvalue weighted by molar-refractivity contribution is -0.870. The molecule has 0 aromatic rings. The van der Waals surface area contributed by atoms with Gasteiger partial charge >= 0.3 is 19.8 Å². The lowest BCUT2D eigenvalue weighted by Crippen LogP contribution is -2.37. The average Bonchev–Trinajstić information content (AvgIpc) is 3.60. The molecule has 0 radical (unpaired) electrons. The fourth-order valence-electron chi connectivity index (χ4n) is 9.65. The first-order chi connectivity index (χ1) is 43.5. The summed E-state index contributed by atoms with van der Waals surface area (Å²) in [5.74, 6) is -0.825. The summed E-state index contributed by atoms with van der Waals surface area (Å²) in [6, 6.07) is 0. The third kappa shape index (κ3) is 72.8. The summed E-state index contributed by atoms with van der Waals surface area (Å²) in [7, 11) is 1.45. The first kappa shape index (κ1) is 84.9. The number of allylic oxidation sites excluding steroid dienone is 24. The fraction of sp³-hybridized carbons (Fsp3) is 0.671. The smallest absolute Gasteiger partial charge is 0.462 e. The van der Waals surface area contributed by atoms with Crippen LogP contribution in [-0.2, 0) is 32.7 Å². The van der Waals surface area contributed by atoms with Crippen LogP contribution in [-0.4, -0.2) is 74.9 Å². The quantitative estimate of drug-likeness (QED) is 0.0211. The summed E-state index contributed by atoms with van der Waals surface area (Å²) in [6.45, 7) is 4.31. The zero-order valence-corrected chi connectivity index (χ0v) is 58.8. The maximum atomic E-state index is 12.9. The van der Waals surface area contributed by atoms with Crippen molar-refractivity contribution in [2.24, 2.45) is 0 Å². The van der Waals surface area contributed by atoms with Crippen LogP contribution in [0.2, 0.25) is 0 Å². The average molecular weight is 1260 g/mol. The van der Waals surface area contributed by atoms with Gasteiger partial charge in [-0.15, -0.1) is 0 Å². The third-order valence-corrected chi connectivity index (χ3v) is 16.1. The van der Waals surface area contributed by atoms with Gasteiger partial charge in [0.25, 0.3) is 0 Å². The number of phosphoric ester groups is 1. The van der Waals surface area contributed by atoms with Crippen molar-refractivity contribution in [3.8, 4) is 0 Å². The molecule has 0 bridgehead atoms. The number of hydrogen-bond acceptors (Lipinski definition) is 7. The number of rotatable bonds is 65. The molecule has 0 saturated heterocycles. The first-order valence-electron chi connectivity index (χ1n) is 36.1. The summed E-state index contributed by atoms with van der Waals surface area (Å²) >= 11 is 0. The monoisotopic (exact) mass is 1260 g/mol. The molecule has 0 heterocycles. The Labute approximate surface area is 548 Å². The van der Waals surface area contributed by atoms with Crippen LogP contribution in [0.4, 0.5) is 0 Å². The van der Waals surface area contributed by atoms with E-state index in [0.717, 1.165) is 122 Å². The number of ether oxygens (including phenoxy) is 2. The lowest BCUT2D eigenvalue weighted by atomic mass is 10.0. The molecule has 2 atom stereocenters. The van der Waals surface area contributed by atoms with Crippen LogP contribution < -0.4 is 0 Å². The van der Waals surface area contributed by atoms with Crippen molar-refractivity contribution >= 4 is 19.8 Å². The minimum Gasteiger partial charge on any atom is -0.462 e. The van der Waals surface area contributed by atoms with E-state index in [-0.39, 0.29) is 32.0 Å². The summed E-state index contributed by atoms with van der Waals surface area (Å²) in [5, 5.41) is 0. The molecular weight excluding hydrogens is 1120 g/mol. The minimum absolute atomic E-state index is 0.0207. The van der Waals surface area contributed by atoms with Crippen molar-refractivity contribution in [3.05, 3.63) is 146 Å². The maximum absolute atomic E-state index is 12.9. The molecule has 1 N–H and O–H groups in total. The van der Waals surface area contributed by atoms with E-state index in [1.807, 2.05) is 21.1 Å². The molecule has 508 valence electrons. The van der Waals surface area contributed by atoms with Crippen LogP contribution in [0.25, 0.3) is 0 Å². The summed E-state index contributed by atoms with van der Waals surface area (Å²) < 4.78 is 34.7. The topological polar surface area (TPSA) is 108 Å². The van der Waals surface area contributed by atoms with Crippen molar-refractivity contribution in [1.29, 1.82) is 0 Å². The molecule has 10 heteroatoms. The largest absolute Gasteiger partial charge is 0.472 e. The van der Waals surface area contributed by atoms with Crippen molar-refractivity contribution in [2.45, 2.75) is 296 Å². The van der Waals surface area contributed by atoms with Gasteiger partial charge in [0.1, 0.15) is 19.8 Å². The Bertz CT molecular complexity index is 2010. The zero-order chi connectivity index (χ0) is 64.8. The number of carbonyl (C=O) groups is 2. The molecule has 0 spiro atoms. The van der Waals surface area contributed by atoms with E-state index in [4.69, 9.17) is 18.5 Å². The molecule has 2 unspecified atom stereocenters. The number of hydrogen-bond donors (Lipinski definition) is 1. The number of unbranched alkanes of at least 4 members (excludes halogenated alkanes) is 27. The SMILES string of the molecule is CC/C=C\C/C=C\C/C=C\C/C=C\C/C=C\C/C=C\C/C=C\C/C=C\C/C=C\C/C=C\C/C=C\C/C=C\CCCCCCC(=O)OC(COC(=O)CCCCCCCCCCCCCCCCCCCCCCCCCC)COP(=O)(O)OCC[N+](C)(C)C. The third-order valence-electron chi connectivity index (χ3n) is 15.1. The number of carbonyl (C=O) groups excluding carboxylic acids is 2. The van der Waals surface area contributed by atoms with Gasteiger partial charge in [-0.3, -0.25) is 18.6 Å². The number of likely N-dealkylation sites (N-methyl/N-ethyl adjacent to an activating group) is 1. The first-order valence-corrected chi connectivity index (χ1v) is 37.6. The Hall–Kier alpha value is -4.11. The molecule has 9 nitrogen and oxygen atoms in total. The van der Waals surface area contributed by atoms with Gasteiger partial charge in [0.2, 0.25) is 0 Å². The number of esters is 2. The molecule has 0 rings (SSSR count). The molecule has 0 fully saturated rings. The molecule has 89 heavy (non-hydrogen) atoms. The van der Waals surface area contributed by atoms with Crippen molar-refractivity contribution in [3.63, 3.8) is 0 Å². The molecule has 0 aliphatic heterocycles. The standard InChI is InChI=1S/C79H134NO8P/c1-6-8-10-12-14-16-18-20-22-24-26-28-30-32-33-34-35-36-37-38-39-40-41-42-43-44-45-46-47-48-50-52-54-56-58-60-62-64-66-68-70-72-79(82)88-77(76-87-89(83,84)86-74-73-80(3,4)5)75-85-78(81)71-69-67-65-63-61-59-57-55-53-51-49-31-29-27-25-23-21-19-17-15-13-11-9-7-2/h8,10,14,16,20,22,26,28,32-33,35-36,38-39,41-42,44-45,47-48,52,54,58,60,77H,6-7,9,11-13,15,17-19,21,23-25,27,29-31,34,37,40,43,46,49-51,53,55-57,59,61-76H2,1-5H3/p+1/b10-8-,16-14-,22-20-,28-26-,33-32-,36-35-,39-38-,42-41-,45-44-,48-47-,54-52-,60-58-. The minimum atomic E-state index is -4.41. The van der Waals surface area contributed by atoms with Gasteiger partial charge in [0, 0.05) is 12.8 Å². The van der Waals surface area contributed by atoms with Gasteiger partial charge in [-0.25, -0.2) is 4.57 Å². The van der Waals surface area contributed by atoms with E-state index < -0.39 is 26.5 Å². The predicted octanol–water partition coefficient (Wildman–Crippen LogP) is 23.8. The van der Waals surface area contributed by atoms with Crippen LogP contribution in [0.5, 0.6) is 0 Å². The van der Waals surface area contributed by atoms with Crippen LogP contribution in [0.1, 0.15) is 290 Å². The van der Waals surface area contributed by atoms with E-state index in [1.54, 1.807) is 0 Å². The number of quaternary nitrogens is 1. The fourth-order valence-corrected chi connectivity index (χ4v) is 10.4. The van der Waals surface area contributed by atoms with E-state index in [0.29, 0.717) is 17.4 Å². The lowest BCUT2D eigenvalue weighted by Gasteiger charge is -2.24. The second-order valence-electron chi connectivity index (χ2n) is 24.9. The molecule has 0 aliphatic carbocycles. The summed E-state index contributed by atoms with van der Waals surface area (Å²) in [4.78, 5) is 35.9. The highest BCUT2D eigenvalue weighted by Crippen LogP contribution is 2.43. The van der Waals surface area contributed by atoms with Crippen molar-refractivity contribution in [1.82, 2.24) is 0 Å². The van der Waals surface area contributed by atoms with Crippen LogP contribution in [0.3, 0.4) is 0 Å². The van der Waals surface area contributed by atoms with Crippen LogP contribution in [0.15, 0.2) is 146 Å². The van der Waals surface area contributed by atoms with Crippen molar-refractivity contribution in [2.75, 3.05) is 47.5 Å². The Morgan fingerprint density at radius 1 is 0.360 bits per heavy atom. The second kappa shape index (κ2) is 68.3. The van der Waals surface area contributed by atoms with Crippen LogP contribution in [0, 0.1) is 0 Å². The Morgan fingerprint density at radius 2 is 0.640 bits per heavy atom. The Morgan fingerprint density at radius 3 is 0.955 bits per heavy atom. The Kier molecular flexibility index (Phi) is 65.1. The van der Waals surface area contributed by atoms with Gasteiger partial charge in [-0.1, -0.05) is 320 Å². The van der Waals surface area contributed by atoms with Gasteiger partial charge in [0.05, 0.1) is 27.7 Å². The van der Waals surface area contributed by atoms with Crippen molar-refractivity contribution < 1.29 is 42.1 Å². The molecule has 0 amide bonds. The summed E-state index contributed by atoms with van der Waals surface area (Å²) in [5.41, 5.74) is 0. The van der Waals surface area contributed by atoms with Gasteiger partial charge in [-0.2, -0.15) is 0 Å². The number of phosphoric acid groups is 1. The second-order valence-corrected chi connectivity index (χ2v) is 26.4. The molecular formula is C79H135NO8P+. The van der Waals surface area contributed by atoms with E-state index in [9.17, 15) is 19.0 Å². The molecule has 0 aromatic heterocycles. The van der Waals surface area contributed by atoms with Crippen LogP contribution >= 0.6 is 7.82 Å². The van der Waals surface area contributed by atoms with Gasteiger partial charge in [0.15, 0.2) is 6.10 Å². The highest BCUT2D eigenvalue weighted by Gasteiger charge is 2.27. The molecule has 0 aliphatic rings. The highest BCUT2D eigenvalue weighted by molar-refractivity contribution is 7.47. The molecule has 0 saturated carbocycles. The Balaban J connectivity index is 4.15. The van der Waals surface area contributed by atoms with Gasteiger partial charge in [-0.05, 0) is 103 Å². The zero-order valence-electron chi connectivity index (χ0n) is 57.9.